The van der Waals surface area contributed by atoms with E-state index in [1.54, 1.807) is 0 Å². The van der Waals surface area contributed by atoms with Crippen LogP contribution in [0.15, 0.2) is 36.5 Å². The third-order valence-corrected chi connectivity index (χ3v) is 3.14. The second-order valence-electron chi connectivity index (χ2n) is 5.72. The molecule has 3 rings (SSSR count). The van der Waals surface area contributed by atoms with Crippen molar-refractivity contribution in [3.8, 4) is 11.5 Å². The second kappa shape index (κ2) is 7.34. The van der Waals surface area contributed by atoms with Crippen molar-refractivity contribution in [1.82, 2.24) is 19.9 Å². The lowest BCUT2D eigenvalue weighted by molar-refractivity contribution is 0.584. The van der Waals surface area contributed by atoms with E-state index in [1.807, 2.05) is 13.8 Å². The lowest BCUT2D eigenvalue weighted by Gasteiger charge is -2.12. The number of nitrogens with zero attached hydrogens (tertiary/aromatic N) is 4. The van der Waals surface area contributed by atoms with Crippen LogP contribution in [0, 0.1) is 17.5 Å². The topological polar surface area (TPSA) is 75.6 Å². The molecule has 0 amide bonds. The van der Waals surface area contributed by atoms with Gasteiger partial charge in [0.15, 0.2) is 11.6 Å². The van der Waals surface area contributed by atoms with Crippen molar-refractivity contribution in [1.29, 1.82) is 0 Å². The molecular formula is C17H15F3N6. The molecule has 6 nitrogen and oxygen atoms in total. The van der Waals surface area contributed by atoms with Crippen LogP contribution in [0.5, 0.6) is 0 Å². The van der Waals surface area contributed by atoms with Crippen molar-refractivity contribution in [2.45, 2.75) is 19.9 Å². The van der Waals surface area contributed by atoms with Crippen molar-refractivity contribution < 1.29 is 13.2 Å². The first kappa shape index (κ1) is 17.6. The molecule has 0 saturated heterocycles. The summed E-state index contributed by atoms with van der Waals surface area (Å²) in [5.41, 5.74) is 0.0480. The smallest absolute Gasteiger partial charge is 0.232 e. The number of halogens is 3. The quantitative estimate of drug-likeness (QED) is 0.718. The highest BCUT2D eigenvalue weighted by Crippen LogP contribution is 2.22. The Hall–Kier alpha value is -3.23. The molecule has 0 spiro atoms. The highest BCUT2D eigenvalue weighted by molar-refractivity contribution is 5.59. The van der Waals surface area contributed by atoms with Crippen LogP contribution < -0.4 is 10.6 Å². The van der Waals surface area contributed by atoms with Crippen LogP contribution in [-0.4, -0.2) is 26.0 Å². The zero-order valence-electron chi connectivity index (χ0n) is 14.0. The fourth-order valence-corrected chi connectivity index (χ4v) is 2.17. The van der Waals surface area contributed by atoms with E-state index in [1.165, 1.54) is 18.3 Å². The van der Waals surface area contributed by atoms with Gasteiger partial charge >= 0.3 is 0 Å². The number of hydrogen-bond acceptors (Lipinski definition) is 6. The summed E-state index contributed by atoms with van der Waals surface area (Å²) in [5.74, 6) is -1.95. The van der Waals surface area contributed by atoms with E-state index in [-0.39, 0.29) is 35.1 Å². The van der Waals surface area contributed by atoms with Gasteiger partial charge in [0.2, 0.25) is 11.9 Å². The average molecular weight is 360 g/mol. The van der Waals surface area contributed by atoms with E-state index in [2.05, 4.69) is 30.6 Å². The van der Waals surface area contributed by atoms with Gasteiger partial charge in [-0.15, -0.1) is 0 Å². The van der Waals surface area contributed by atoms with Gasteiger partial charge in [-0.05, 0) is 38.1 Å². The summed E-state index contributed by atoms with van der Waals surface area (Å²) < 4.78 is 40.8. The van der Waals surface area contributed by atoms with E-state index >= 15 is 0 Å². The number of anilines is 3. The molecule has 0 saturated carbocycles. The molecule has 134 valence electrons. The molecule has 26 heavy (non-hydrogen) atoms. The fourth-order valence-electron chi connectivity index (χ4n) is 2.17. The normalized spacial score (nSPS) is 10.8. The highest BCUT2D eigenvalue weighted by atomic mass is 19.1. The molecule has 0 fully saturated rings. The number of pyridine rings is 1. The van der Waals surface area contributed by atoms with E-state index in [9.17, 15) is 13.2 Å². The van der Waals surface area contributed by atoms with Crippen LogP contribution in [0.4, 0.5) is 30.8 Å². The fraction of sp³-hybridized carbons (Fsp3) is 0.176. The maximum Gasteiger partial charge on any atom is 0.232 e. The first-order valence-corrected chi connectivity index (χ1v) is 7.77. The first-order chi connectivity index (χ1) is 12.4. The monoisotopic (exact) mass is 360 g/mol. The van der Waals surface area contributed by atoms with Gasteiger partial charge in [0.05, 0.1) is 0 Å². The molecule has 1 aromatic carbocycles. The SMILES string of the molecule is CC(C)Nc1nc(Nc2cc(F)cc(F)c2)nc(-c2ncccc2F)n1. The van der Waals surface area contributed by atoms with Gasteiger partial charge in [-0.3, -0.25) is 0 Å². The number of hydrogen-bond donors (Lipinski definition) is 2. The predicted octanol–water partition coefficient (Wildman–Crippen LogP) is 3.91. The largest absolute Gasteiger partial charge is 0.352 e. The summed E-state index contributed by atoms with van der Waals surface area (Å²) in [6, 6.07) is 5.60. The molecule has 9 heteroatoms. The molecule has 0 bridgehead atoms. The molecule has 0 atom stereocenters. The average Bonchev–Trinajstić information content (AvgIpc) is 2.53. The Morgan fingerprint density at radius 1 is 0.923 bits per heavy atom. The minimum atomic E-state index is -0.752. The van der Waals surface area contributed by atoms with Crippen molar-refractivity contribution in [2.75, 3.05) is 10.6 Å². The predicted molar refractivity (Wildman–Crippen MR) is 91.4 cm³/mol. The molecular weight excluding hydrogens is 345 g/mol. The van der Waals surface area contributed by atoms with Crippen LogP contribution in [0.2, 0.25) is 0 Å². The van der Waals surface area contributed by atoms with Crippen LogP contribution in [0.25, 0.3) is 11.5 Å². The van der Waals surface area contributed by atoms with Gasteiger partial charge in [0.25, 0.3) is 0 Å². The standard InChI is InChI=1S/C17H15F3N6/c1-9(2)22-16-24-15(14-13(20)4-3-5-21-14)25-17(26-16)23-12-7-10(18)6-11(19)8-12/h3-9H,1-2H3,(H2,22,23,24,25,26). The number of aromatic nitrogens is 4. The minimum absolute atomic E-state index is 0.00158. The zero-order chi connectivity index (χ0) is 18.7. The summed E-state index contributed by atoms with van der Waals surface area (Å²) in [6.45, 7) is 3.75. The Balaban J connectivity index is 2.03. The Labute approximate surface area is 147 Å². The van der Waals surface area contributed by atoms with Crippen LogP contribution in [0.3, 0.4) is 0 Å². The van der Waals surface area contributed by atoms with Crippen LogP contribution in [0.1, 0.15) is 13.8 Å². The van der Waals surface area contributed by atoms with Crippen molar-refractivity contribution in [3.05, 3.63) is 54.0 Å². The van der Waals surface area contributed by atoms with Crippen molar-refractivity contribution in [2.24, 2.45) is 0 Å². The van der Waals surface area contributed by atoms with Crippen LogP contribution in [-0.2, 0) is 0 Å². The Bertz CT molecular complexity index is 912. The molecule has 0 radical (unpaired) electrons. The molecule has 2 N–H and O–H groups in total. The Morgan fingerprint density at radius 2 is 1.62 bits per heavy atom. The molecule has 0 aliphatic carbocycles. The third kappa shape index (κ3) is 4.24. The van der Waals surface area contributed by atoms with E-state index in [0.717, 1.165) is 18.2 Å². The molecule has 2 aromatic heterocycles. The summed E-state index contributed by atoms with van der Waals surface area (Å²) in [5, 5.41) is 5.68. The zero-order valence-corrected chi connectivity index (χ0v) is 14.0. The van der Waals surface area contributed by atoms with Gasteiger partial charge in [0, 0.05) is 24.0 Å². The van der Waals surface area contributed by atoms with Crippen LogP contribution >= 0.6 is 0 Å². The lowest BCUT2D eigenvalue weighted by Crippen LogP contribution is -2.15. The molecule has 3 aromatic rings. The van der Waals surface area contributed by atoms with Gasteiger partial charge in [-0.1, -0.05) is 0 Å². The van der Waals surface area contributed by atoms with E-state index in [0.29, 0.717) is 0 Å². The highest BCUT2D eigenvalue weighted by Gasteiger charge is 2.14. The summed E-state index contributed by atoms with van der Waals surface area (Å²) in [4.78, 5) is 16.3. The third-order valence-electron chi connectivity index (χ3n) is 3.14. The van der Waals surface area contributed by atoms with Gasteiger partial charge in [-0.25, -0.2) is 18.2 Å². The number of nitrogens with one attached hydrogen (secondary N) is 2. The van der Waals surface area contributed by atoms with Gasteiger partial charge in [0.1, 0.15) is 17.3 Å². The minimum Gasteiger partial charge on any atom is -0.352 e. The van der Waals surface area contributed by atoms with Crippen molar-refractivity contribution in [3.63, 3.8) is 0 Å². The van der Waals surface area contributed by atoms with E-state index < -0.39 is 17.5 Å². The summed E-state index contributed by atoms with van der Waals surface area (Å²) >= 11 is 0. The maximum atomic E-state index is 14.0. The Morgan fingerprint density at radius 3 is 2.27 bits per heavy atom. The molecule has 0 aliphatic rings. The molecule has 2 heterocycles. The Kier molecular flexibility index (Phi) is 4.97. The van der Waals surface area contributed by atoms with E-state index in [4.69, 9.17) is 0 Å². The summed E-state index contributed by atoms with van der Waals surface area (Å²) in [7, 11) is 0. The van der Waals surface area contributed by atoms with Gasteiger partial charge < -0.3 is 10.6 Å². The molecule has 0 unspecified atom stereocenters. The number of rotatable bonds is 5. The van der Waals surface area contributed by atoms with Gasteiger partial charge in [-0.2, -0.15) is 15.0 Å². The number of benzene rings is 1. The summed E-state index contributed by atoms with van der Waals surface area (Å²) in [6.07, 6.45) is 1.41. The second-order valence-corrected chi connectivity index (χ2v) is 5.72. The maximum absolute atomic E-state index is 14.0. The first-order valence-electron chi connectivity index (χ1n) is 7.77. The van der Waals surface area contributed by atoms with Crippen molar-refractivity contribution >= 4 is 17.6 Å². The lowest BCUT2D eigenvalue weighted by atomic mass is 10.3. The molecule has 0 aliphatic heterocycles.